The molecule has 1 aliphatic heterocycles. The lowest BCUT2D eigenvalue weighted by molar-refractivity contribution is -0.119. The Labute approximate surface area is 118 Å². The Hall–Kier alpha value is -1.60. The zero-order chi connectivity index (χ0) is 14.3. The average molecular weight is 295 g/mol. The van der Waals surface area contributed by atoms with E-state index in [9.17, 15) is 13.2 Å². The van der Waals surface area contributed by atoms with E-state index >= 15 is 0 Å². The number of carbonyl (C=O) groups excluding carboxylic acids is 1. The molecular weight excluding hydrogens is 278 g/mol. The molecule has 7 heteroatoms. The number of hydrogen-bond donors (Lipinski definition) is 2. The van der Waals surface area contributed by atoms with Crippen LogP contribution in [0.15, 0.2) is 23.1 Å². The van der Waals surface area contributed by atoms with Crippen LogP contribution in [0.2, 0.25) is 0 Å². The number of carbonyl (C=O) groups is 1. The first kappa shape index (κ1) is 13.4. The van der Waals surface area contributed by atoms with Gasteiger partial charge in [-0.1, -0.05) is 6.07 Å². The van der Waals surface area contributed by atoms with Gasteiger partial charge in [0, 0.05) is 18.3 Å². The summed E-state index contributed by atoms with van der Waals surface area (Å²) in [7, 11) is -3.71. The van der Waals surface area contributed by atoms with Crippen LogP contribution in [0.1, 0.15) is 18.4 Å². The molecule has 1 saturated carbocycles. The van der Waals surface area contributed by atoms with Crippen LogP contribution in [0.4, 0.5) is 5.69 Å². The minimum absolute atomic E-state index is 0.0126. The second-order valence-electron chi connectivity index (χ2n) is 5.35. The van der Waals surface area contributed by atoms with Crippen molar-refractivity contribution >= 4 is 21.6 Å². The van der Waals surface area contributed by atoms with Crippen LogP contribution < -0.4 is 15.4 Å². The molecule has 3 N–H and O–H groups in total. The van der Waals surface area contributed by atoms with Crippen molar-refractivity contribution in [3.05, 3.63) is 23.8 Å². The molecule has 3 rings (SSSR count). The Morgan fingerprint density at radius 1 is 1.40 bits per heavy atom. The van der Waals surface area contributed by atoms with E-state index in [2.05, 4.69) is 5.32 Å². The molecule has 1 aliphatic carbocycles. The van der Waals surface area contributed by atoms with Crippen molar-refractivity contribution in [2.24, 2.45) is 5.14 Å². The highest BCUT2D eigenvalue weighted by Crippen LogP contribution is 2.30. The van der Waals surface area contributed by atoms with Crippen molar-refractivity contribution in [2.75, 3.05) is 18.0 Å². The normalized spacial score (nSPS) is 17.9. The number of benzene rings is 1. The first-order valence-electron chi connectivity index (χ1n) is 6.63. The molecule has 0 spiro atoms. The van der Waals surface area contributed by atoms with Gasteiger partial charge in [0.1, 0.15) is 0 Å². The highest BCUT2D eigenvalue weighted by Gasteiger charge is 2.27. The Bertz CT molecular complexity index is 653. The van der Waals surface area contributed by atoms with Gasteiger partial charge in [-0.15, -0.1) is 0 Å². The van der Waals surface area contributed by atoms with Gasteiger partial charge in [0.2, 0.25) is 15.9 Å². The predicted molar refractivity (Wildman–Crippen MR) is 74.9 cm³/mol. The third-order valence-corrected chi connectivity index (χ3v) is 4.56. The quantitative estimate of drug-likeness (QED) is 0.816. The molecule has 0 atom stereocenters. The number of nitrogens with two attached hydrogens (primary N) is 1. The maximum Gasteiger partial charge on any atom is 0.239 e. The lowest BCUT2D eigenvalue weighted by atomic mass is 10.2. The molecule has 1 aromatic carbocycles. The number of primary sulfonamides is 1. The summed E-state index contributed by atoms with van der Waals surface area (Å²) < 4.78 is 22.8. The minimum Gasteiger partial charge on any atom is -0.362 e. The molecule has 2 aliphatic rings. The predicted octanol–water partition coefficient (Wildman–Crippen LogP) is -0.0249. The molecule has 1 amide bonds. The van der Waals surface area contributed by atoms with E-state index < -0.39 is 10.0 Å². The second-order valence-corrected chi connectivity index (χ2v) is 6.91. The summed E-state index contributed by atoms with van der Waals surface area (Å²) in [4.78, 5) is 13.8. The Morgan fingerprint density at radius 2 is 2.15 bits per heavy atom. The number of nitrogens with one attached hydrogen (secondary N) is 1. The monoisotopic (exact) mass is 295 g/mol. The van der Waals surface area contributed by atoms with Crippen LogP contribution in [0.5, 0.6) is 0 Å². The minimum atomic E-state index is -3.71. The summed E-state index contributed by atoms with van der Waals surface area (Å²) in [6.07, 6.45) is 2.92. The van der Waals surface area contributed by atoms with E-state index in [1.54, 1.807) is 12.1 Å². The van der Waals surface area contributed by atoms with Gasteiger partial charge in [-0.25, -0.2) is 13.6 Å². The highest BCUT2D eigenvalue weighted by atomic mass is 32.2. The molecule has 0 saturated heterocycles. The fraction of sp³-hybridized carbons (Fsp3) is 0.462. The Kier molecular flexibility index (Phi) is 3.18. The summed E-state index contributed by atoms with van der Waals surface area (Å²) in [6.45, 7) is 0.985. The van der Waals surface area contributed by atoms with Crippen molar-refractivity contribution in [3.63, 3.8) is 0 Å². The number of rotatable bonds is 4. The number of hydrogen-bond acceptors (Lipinski definition) is 4. The summed E-state index contributed by atoms with van der Waals surface area (Å²) in [5.41, 5.74) is 1.85. The van der Waals surface area contributed by atoms with Gasteiger partial charge in [-0.05, 0) is 37.0 Å². The molecule has 108 valence electrons. The van der Waals surface area contributed by atoms with Gasteiger partial charge in [0.15, 0.2) is 0 Å². The van der Waals surface area contributed by atoms with Crippen LogP contribution in [0.25, 0.3) is 0 Å². The number of anilines is 1. The van der Waals surface area contributed by atoms with Gasteiger partial charge < -0.3 is 10.2 Å². The van der Waals surface area contributed by atoms with Crippen molar-refractivity contribution in [3.8, 4) is 0 Å². The first-order valence-corrected chi connectivity index (χ1v) is 8.18. The second kappa shape index (κ2) is 4.75. The zero-order valence-corrected chi connectivity index (χ0v) is 11.8. The van der Waals surface area contributed by atoms with Crippen molar-refractivity contribution in [1.82, 2.24) is 5.32 Å². The van der Waals surface area contributed by atoms with Crippen molar-refractivity contribution < 1.29 is 13.2 Å². The van der Waals surface area contributed by atoms with Crippen LogP contribution in [-0.2, 0) is 21.2 Å². The van der Waals surface area contributed by atoms with Crippen LogP contribution in [-0.4, -0.2) is 33.5 Å². The number of nitrogens with zero attached hydrogens (tertiary/aromatic N) is 1. The standard InChI is InChI=1S/C13H17N3O3S/c14-20(18,19)11-4-1-9-5-6-16(12(9)7-11)8-13(17)15-10-2-3-10/h1,4,7,10H,2-3,5-6,8H2,(H,15,17)(H2,14,18,19). The fourth-order valence-electron chi connectivity index (χ4n) is 2.44. The van der Waals surface area contributed by atoms with E-state index in [0.717, 1.165) is 37.1 Å². The number of fused-ring (bicyclic) bond motifs is 1. The van der Waals surface area contributed by atoms with Gasteiger partial charge in [-0.3, -0.25) is 4.79 Å². The number of sulfonamides is 1. The molecule has 6 nitrogen and oxygen atoms in total. The van der Waals surface area contributed by atoms with Crippen LogP contribution >= 0.6 is 0 Å². The lowest BCUT2D eigenvalue weighted by Gasteiger charge is -2.19. The summed E-state index contributed by atoms with van der Waals surface area (Å²) in [5, 5.41) is 8.08. The van der Waals surface area contributed by atoms with Gasteiger partial charge in [-0.2, -0.15) is 0 Å². The van der Waals surface area contributed by atoms with Crippen molar-refractivity contribution in [1.29, 1.82) is 0 Å². The maximum absolute atomic E-state index is 11.8. The molecule has 1 aromatic rings. The molecule has 20 heavy (non-hydrogen) atoms. The third kappa shape index (κ3) is 2.78. The van der Waals surface area contributed by atoms with E-state index in [4.69, 9.17) is 5.14 Å². The van der Waals surface area contributed by atoms with Gasteiger partial charge in [0.25, 0.3) is 0 Å². The zero-order valence-electron chi connectivity index (χ0n) is 11.0. The Balaban J connectivity index is 1.79. The lowest BCUT2D eigenvalue weighted by Crippen LogP contribution is -2.37. The summed E-state index contributed by atoms with van der Waals surface area (Å²) >= 11 is 0. The van der Waals surface area contributed by atoms with Gasteiger partial charge >= 0.3 is 0 Å². The molecule has 0 aromatic heterocycles. The van der Waals surface area contributed by atoms with Crippen LogP contribution in [0, 0.1) is 0 Å². The third-order valence-electron chi connectivity index (χ3n) is 3.65. The largest absolute Gasteiger partial charge is 0.362 e. The summed E-state index contributed by atoms with van der Waals surface area (Å²) in [5.74, 6) is -0.0126. The van der Waals surface area contributed by atoms with Crippen LogP contribution in [0.3, 0.4) is 0 Å². The molecule has 1 fully saturated rings. The molecule has 1 heterocycles. The SMILES string of the molecule is NS(=O)(=O)c1ccc2c(c1)N(CC(=O)NC1CC1)CC2. The van der Waals surface area contributed by atoms with Crippen molar-refractivity contribution in [2.45, 2.75) is 30.2 Å². The smallest absolute Gasteiger partial charge is 0.239 e. The van der Waals surface area contributed by atoms with E-state index in [1.807, 2.05) is 4.90 Å². The average Bonchev–Trinajstić information content (AvgIpc) is 3.08. The molecular formula is C13H17N3O3S. The molecule has 0 unspecified atom stereocenters. The summed E-state index contributed by atoms with van der Waals surface area (Å²) in [6, 6.07) is 5.18. The Morgan fingerprint density at radius 3 is 2.80 bits per heavy atom. The molecule has 0 radical (unpaired) electrons. The topological polar surface area (TPSA) is 92.5 Å². The van der Waals surface area contributed by atoms with E-state index in [-0.39, 0.29) is 17.3 Å². The highest BCUT2D eigenvalue weighted by molar-refractivity contribution is 7.89. The fourth-order valence-corrected chi connectivity index (χ4v) is 2.97. The van der Waals surface area contributed by atoms with Gasteiger partial charge in [0.05, 0.1) is 11.4 Å². The van der Waals surface area contributed by atoms with E-state index in [0.29, 0.717) is 6.04 Å². The van der Waals surface area contributed by atoms with E-state index in [1.165, 1.54) is 6.07 Å². The molecule has 0 bridgehead atoms. The first-order chi connectivity index (χ1) is 9.43. The number of amides is 1. The maximum atomic E-state index is 11.8.